The van der Waals surface area contributed by atoms with Crippen LogP contribution in [0.2, 0.25) is 5.02 Å². The van der Waals surface area contributed by atoms with E-state index >= 15 is 0 Å². The van der Waals surface area contributed by atoms with Crippen molar-refractivity contribution in [1.29, 1.82) is 0 Å². The molecule has 0 saturated heterocycles. The third kappa shape index (κ3) is 6.81. The Morgan fingerprint density at radius 2 is 2.00 bits per heavy atom. The molecule has 0 aliphatic heterocycles. The molecule has 0 aliphatic rings. The fourth-order valence-electron chi connectivity index (χ4n) is 1.76. The lowest BCUT2D eigenvalue weighted by Crippen LogP contribution is -2.17. The van der Waals surface area contributed by atoms with Gasteiger partial charge in [0.25, 0.3) is 0 Å². The van der Waals surface area contributed by atoms with E-state index in [-0.39, 0.29) is 0 Å². The van der Waals surface area contributed by atoms with Gasteiger partial charge in [0.1, 0.15) is 5.75 Å². The van der Waals surface area contributed by atoms with Crippen molar-refractivity contribution in [3.05, 3.63) is 28.8 Å². The molecule has 0 spiro atoms. The van der Waals surface area contributed by atoms with Crippen LogP contribution in [0.25, 0.3) is 0 Å². The zero-order chi connectivity index (χ0) is 13.9. The summed E-state index contributed by atoms with van der Waals surface area (Å²) >= 11 is 5.98. The lowest BCUT2D eigenvalue weighted by Gasteiger charge is -2.10. The van der Waals surface area contributed by atoms with Gasteiger partial charge in [0, 0.05) is 30.3 Å². The molecule has 0 saturated carbocycles. The highest BCUT2D eigenvalue weighted by Gasteiger charge is 2.03. The molecular weight excluding hydrogens is 262 g/mol. The molecule has 0 bridgehead atoms. The van der Waals surface area contributed by atoms with Crippen molar-refractivity contribution in [3.63, 3.8) is 0 Å². The van der Waals surface area contributed by atoms with E-state index in [0.29, 0.717) is 0 Å². The zero-order valence-corrected chi connectivity index (χ0v) is 12.6. The van der Waals surface area contributed by atoms with E-state index in [1.54, 1.807) is 7.11 Å². The number of methoxy groups -OCH3 is 1. The van der Waals surface area contributed by atoms with Gasteiger partial charge < -0.3 is 14.8 Å². The van der Waals surface area contributed by atoms with Crippen LogP contribution in [-0.2, 0) is 11.3 Å². The Balaban J connectivity index is 2.17. The van der Waals surface area contributed by atoms with Gasteiger partial charge >= 0.3 is 0 Å². The van der Waals surface area contributed by atoms with Crippen molar-refractivity contribution in [2.75, 3.05) is 26.9 Å². The van der Waals surface area contributed by atoms with E-state index in [1.165, 1.54) is 6.42 Å². The van der Waals surface area contributed by atoms with Crippen molar-refractivity contribution in [1.82, 2.24) is 5.32 Å². The maximum Gasteiger partial charge on any atom is 0.123 e. The van der Waals surface area contributed by atoms with Gasteiger partial charge in [-0.05, 0) is 37.6 Å². The average Bonchev–Trinajstić information content (AvgIpc) is 2.42. The standard InChI is InChI=1S/C15H24ClNO2/c1-3-4-9-19-10-5-8-17-12-13-11-14(16)6-7-15(13)18-2/h6-7,11,17H,3-5,8-10,12H2,1-2H3. The highest BCUT2D eigenvalue weighted by Crippen LogP contribution is 2.22. The SMILES string of the molecule is CCCCOCCCNCc1cc(Cl)ccc1OC. The van der Waals surface area contributed by atoms with E-state index < -0.39 is 0 Å². The molecule has 19 heavy (non-hydrogen) atoms. The van der Waals surface area contributed by atoms with Crippen molar-refractivity contribution >= 4 is 11.6 Å². The second-order valence-corrected chi connectivity index (χ2v) is 4.89. The molecule has 3 nitrogen and oxygen atoms in total. The summed E-state index contributed by atoms with van der Waals surface area (Å²) in [5, 5.41) is 4.11. The summed E-state index contributed by atoms with van der Waals surface area (Å²) in [6.45, 7) is 5.56. The number of hydrogen-bond donors (Lipinski definition) is 1. The topological polar surface area (TPSA) is 30.5 Å². The molecule has 0 amide bonds. The molecule has 0 aromatic heterocycles. The van der Waals surface area contributed by atoms with Crippen LogP contribution >= 0.6 is 11.6 Å². The van der Waals surface area contributed by atoms with E-state index in [2.05, 4.69) is 12.2 Å². The van der Waals surface area contributed by atoms with Crippen LogP contribution in [0.5, 0.6) is 5.75 Å². The summed E-state index contributed by atoms with van der Waals surface area (Å²) in [4.78, 5) is 0. The first kappa shape index (κ1) is 16.3. The molecular formula is C15H24ClNO2. The molecule has 1 N–H and O–H groups in total. The molecule has 1 aromatic carbocycles. The van der Waals surface area contributed by atoms with Crippen molar-refractivity contribution in [3.8, 4) is 5.75 Å². The predicted molar refractivity (Wildman–Crippen MR) is 80.1 cm³/mol. The summed E-state index contributed by atoms with van der Waals surface area (Å²) in [6.07, 6.45) is 3.35. The number of rotatable bonds is 10. The number of ether oxygens (including phenoxy) is 2. The third-order valence-electron chi connectivity index (χ3n) is 2.84. The van der Waals surface area contributed by atoms with Crippen molar-refractivity contribution in [2.45, 2.75) is 32.7 Å². The first-order valence-corrected chi connectivity index (χ1v) is 7.26. The largest absolute Gasteiger partial charge is 0.496 e. The highest BCUT2D eigenvalue weighted by molar-refractivity contribution is 6.30. The molecule has 0 unspecified atom stereocenters. The van der Waals surface area contributed by atoms with Crippen LogP contribution in [0.1, 0.15) is 31.7 Å². The molecule has 1 rings (SSSR count). The van der Waals surface area contributed by atoms with Gasteiger partial charge in [-0.15, -0.1) is 0 Å². The van der Waals surface area contributed by atoms with Gasteiger partial charge in [0.15, 0.2) is 0 Å². The number of nitrogens with one attached hydrogen (secondary N) is 1. The summed E-state index contributed by atoms with van der Waals surface area (Å²) in [5.41, 5.74) is 1.09. The maximum absolute atomic E-state index is 5.98. The van der Waals surface area contributed by atoms with Crippen LogP contribution < -0.4 is 10.1 Å². The molecule has 0 heterocycles. The average molecular weight is 286 g/mol. The van der Waals surface area contributed by atoms with Gasteiger partial charge in [-0.1, -0.05) is 24.9 Å². The normalized spacial score (nSPS) is 10.7. The van der Waals surface area contributed by atoms with Crippen molar-refractivity contribution in [2.24, 2.45) is 0 Å². The fraction of sp³-hybridized carbons (Fsp3) is 0.600. The summed E-state index contributed by atoms with van der Waals surface area (Å²) in [5.74, 6) is 0.871. The second kappa shape index (κ2) is 10.1. The first-order chi connectivity index (χ1) is 9.27. The van der Waals surface area contributed by atoms with Crippen LogP contribution in [0, 0.1) is 0 Å². The maximum atomic E-state index is 5.98. The van der Waals surface area contributed by atoms with Crippen LogP contribution in [0.4, 0.5) is 0 Å². The van der Waals surface area contributed by atoms with E-state index in [9.17, 15) is 0 Å². The fourth-order valence-corrected chi connectivity index (χ4v) is 1.95. The Hall–Kier alpha value is -0.770. The summed E-state index contributed by atoms with van der Waals surface area (Å²) in [6, 6.07) is 5.67. The van der Waals surface area contributed by atoms with Gasteiger partial charge in [-0.3, -0.25) is 0 Å². The van der Waals surface area contributed by atoms with Gasteiger partial charge in [0.2, 0.25) is 0 Å². The summed E-state index contributed by atoms with van der Waals surface area (Å²) < 4.78 is 10.8. The Bertz CT molecular complexity index is 358. The Labute approximate surface area is 121 Å². The third-order valence-corrected chi connectivity index (χ3v) is 3.08. The van der Waals surface area contributed by atoms with E-state index in [0.717, 1.165) is 55.5 Å². The summed E-state index contributed by atoms with van der Waals surface area (Å²) in [7, 11) is 1.67. The molecule has 0 aliphatic carbocycles. The van der Waals surface area contributed by atoms with Crippen LogP contribution in [0.3, 0.4) is 0 Å². The monoisotopic (exact) mass is 285 g/mol. The Morgan fingerprint density at radius 1 is 1.21 bits per heavy atom. The lowest BCUT2D eigenvalue weighted by atomic mass is 10.2. The zero-order valence-electron chi connectivity index (χ0n) is 11.9. The molecule has 0 fully saturated rings. The van der Waals surface area contributed by atoms with Gasteiger partial charge in [-0.25, -0.2) is 0 Å². The highest BCUT2D eigenvalue weighted by atomic mass is 35.5. The second-order valence-electron chi connectivity index (χ2n) is 4.45. The molecule has 1 aromatic rings. The van der Waals surface area contributed by atoms with Crippen LogP contribution in [0.15, 0.2) is 18.2 Å². The number of hydrogen-bond acceptors (Lipinski definition) is 3. The van der Waals surface area contributed by atoms with Gasteiger partial charge in [-0.2, -0.15) is 0 Å². The van der Waals surface area contributed by atoms with E-state index in [4.69, 9.17) is 21.1 Å². The Kier molecular flexibility index (Phi) is 8.63. The number of benzene rings is 1. The lowest BCUT2D eigenvalue weighted by molar-refractivity contribution is 0.128. The predicted octanol–water partition coefficient (Wildman–Crippen LogP) is 3.65. The molecule has 4 heteroatoms. The number of unbranched alkanes of at least 4 members (excludes halogenated alkanes) is 1. The molecule has 0 radical (unpaired) electrons. The minimum Gasteiger partial charge on any atom is -0.496 e. The van der Waals surface area contributed by atoms with Crippen LogP contribution in [-0.4, -0.2) is 26.9 Å². The molecule has 108 valence electrons. The molecule has 0 atom stereocenters. The smallest absolute Gasteiger partial charge is 0.123 e. The quantitative estimate of drug-likeness (QED) is 0.666. The minimum absolute atomic E-state index is 0.737. The van der Waals surface area contributed by atoms with Gasteiger partial charge in [0.05, 0.1) is 7.11 Å². The van der Waals surface area contributed by atoms with E-state index in [1.807, 2.05) is 18.2 Å². The first-order valence-electron chi connectivity index (χ1n) is 6.88. The Morgan fingerprint density at radius 3 is 2.74 bits per heavy atom. The minimum atomic E-state index is 0.737. The van der Waals surface area contributed by atoms with Crippen molar-refractivity contribution < 1.29 is 9.47 Å². The number of halogens is 1.